The van der Waals surface area contributed by atoms with Crippen LogP contribution in [0.3, 0.4) is 0 Å². The Bertz CT molecular complexity index is 400. The minimum Gasteiger partial charge on any atom is -0.508 e. The van der Waals surface area contributed by atoms with Gasteiger partial charge in [0.1, 0.15) is 5.75 Å². The Morgan fingerprint density at radius 1 is 1.33 bits per heavy atom. The Morgan fingerprint density at radius 3 is 2.78 bits per heavy atom. The second kappa shape index (κ2) is 5.96. The summed E-state index contributed by atoms with van der Waals surface area (Å²) in [5, 5.41) is 13.4. The van der Waals surface area contributed by atoms with Gasteiger partial charge in [-0.15, -0.1) is 0 Å². The highest BCUT2D eigenvalue weighted by molar-refractivity contribution is 5.53. The summed E-state index contributed by atoms with van der Waals surface area (Å²) in [4.78, 5) is 0. The Balaban J connectivity index is 2.24. The molecule has 0 saturated carbocycles. The maximum Gasteiger partial charge on any atom is 0.167 e. The molecule has 2 rings (SSSR count). The average Bonchev–Trinajstić information content (AvgIpc) is 2.42. The predicted octanol–water partition coefficient (Wildman–Crippen LogP) is 1.95. The Kier molecular flexibility index (Phi) is 4.31. The molecule has 1 fully saturated rings. The first-order valence-corrected chi connectivity index (χ1v) is 6.39. The lowest BCUT2D eigenvalue weighted by Crippen LogP contribution is -2.30. The normalized spacial score (nSPS) is 19.6. The number of phenolic OH excluding ortho intramolecular Hbond substituents is 1. The third-order valence-corrected chi connectivity index (χ3v) is 3.52. The molecule has 1 aliphatic heterocycles. The van der Waals surface area contributed by atoms with E-state index in [1.165, 1.54) is 12.8 Å². The third kappa shape index (κ3) is 2.70. The van der Waals surface area contributed by atoms with Gasteiger partial charge in [0.2, 0.25) is 0 Å². The van der Waals surface area contributed by atoms with Crippen molar-refractivity contribution in [1.82, 2.24) is 5.32 Å². The summed E-state index contributed by atoms with van der Waals surface area (Å²) in [5.74, 6) is 2.17. The molecule has 0 amide bonds. The van der Waals surface area contributed by atoms with E-state index in [-0.39, 0.29) is 0 Å². The topological polar surface area (TPSA) is 50.7 Å². The standard InChI is InChI=1S/C14H21NO3/c1-17-13-6-5-12(16)11(14(13)18-2)8-10-4-3-7-15-9-10/h5-6,10,15-16H,3-4,7-9H2,1-2H3. The van der Waals surface area contributed by atoms with Crippen LogP contribution in [-0.2, 0) is 6.42 Å². The van der Waals surface area contributed by atoms with Crippen molar-refractivity contribution in [3.63, 3.8) is 0 Å². The molecule has 0 aromatic heterocycles. The van der Waals surface area contributed by atoms with Crippen LogP contribution in [-0.4, -0.2) is 32.4 Å². The van der Waals surface area contributed by atoms with Crippen LogP contribution in [0.5, 0.6) is 17.2 Å². The number of methoxy groups -OCH3 is 2. The minimum absolute atomic E-state index is 0.290. The van der Waals surface area contributed by atoms with Gasteiger partial charge < -0.3 is 19.9 Å². The molecule has 4 heteroatoms. The van der Waals surface area contributed by atoms with Crippen molar-refractivity contribution in [3.8, 4) is 17.2 Å². The number of benzene rings is 1. The second-order valence-electron chi connectivity index (χ2n) is 4.72. The first-order chi connectivity index (χ1) is 8.76. The summed E-state index contributed by atoms with van der Waals surface area (Å²) in [6.45, 7) is 2.09. The van der Waals surface area contributed by atoms with Crippen LogP contribution in [0.4, 0.5) is 0 Å². The van der Waals surface area contributed by atoms with Gasteiger partial charge in [-0.25, -0.2) is 0 Å². The first-order valence-electron chi connectivity index (χ1n) is 6.39. The largest absolute Gasteiger partial charge is 0.508 e. The summed E-state index contributed by atoms with van der Waals surface area (Å²) >= 11 is 0. The molecule has 1 saturated heterocycles. The number of phenols is 1. The van der Waals surface area contributed by atoms with Crippen molar-refractivity contribution < 1.29 is 14.6 Å². The fourth-order valence-electron chi connectivity index (χ4n) is 2.56. The van der Waals surface area contributed by atoms with Crippen LogP contribution in [0.2, 0.25) is 0 Å². The van der Waals surface area contributed by atoms with E-state index in [4.69, 9.17) is 9.47 Å². The van der Waals surface area contributed by atoms with Gasteiger partial charge >= 0.3 is 0 Å². The number of aromatic hydroxyl groups is 1. The Morgan fingerprint density at radius 2 is 2.17 bits per heavy atom. The highest BCUT2D eigenvalue weighted by atomic mass is 16.5. The summed E-state index contributed by atoms with van der Waals surface area (Å²) in [6.07, 6.45) is 3.20. The molecule has 2 N–H and O–H groups in total. The average molecular weight is 251 g/mol. The highest BCUT2D eigenvalue weighted by Crippen LogP contribution is 2.38. The zero-order valence-corrected chi connectivity index (χ0v) is 11.0. The molecule has 1 aliphatic rings. The molecule has 1 atom stereocenters. The zero-order valence-electron chi connectivity index (χ0n) is 11.0. The summed E-state index contributed by atoms with van der Waals surface area (Å²) in [6, 6.07) is 3.41. The van der Waals surface area contributed by atoms with Gasteiger partial charge in [-0.05, 0) is 50.4 Å². The molecule has 0 radical (unpaired) electrons. The monoisotopic (exact) mass is 251 g/mol. The molecule has 100 valence electrons. The van der Waals surface area contributed by atoms with Gasteiger partial charge in [0.15, 0.2) is 11.5 Å². The van der Waals surface area contributed by atoms with Gasteiger partial charge in [0.25, 0.3) is 0 Å². The predicted molar refractivity (Wildman–Crippen MR) is 70.5 cm³/mol. The quantitative estimate of drug-likeness (QED) is 0.859. The first kappa shape index (κ1) is 13.0. The Labute approximate surface area is 108 Å². The van der Waals surface area contributed by atoms with Gasteiger partial charge in [0.05, 0.1) is 14.2 Å². The Hall–Kier alpha value is -1.42. The van der Waals surface area contributed by atoms with Crippen molar-refractivity contribution in [2.45, 2.75) is 19.3 Å². The smallest absolute Gasteiger partial charge is 0.167 e. The van der Waals surface area contributed by atoms with Gasteiger partial charge in [-0.1, -0.05) is 0 Å². The molecular formula is C14H21NO3. The van der Waals surface area contributed by atoms with E-state index in [1.54, 1.807) is 26.4 Å². The van der Waals surface area contributed by atoms with Crippen LogP contribution >= 0.6 is 0 Å². The molecule has 0 spiro atoms. The fraction of sp³-hybridized carbons (Fsp3) is 0.571. The van der Waals surface area contributed by atoms with Crippen molar-refractivity contribution in [2.75, 3.05) is 27.3 Å². The summed E-state index contributed by atoms with van der Waals surface area (Å²) < 4.78 is 10.7. The number of nitrogens with one attached hydrogen (secondary N) is 1. The molecule has 0 aliphatic carbocycles. The molecule has 0 bridgehead atoms. The fourth-order valence-corrected chi connectivity index (χ4v) is 2.56. The van der Waals surface area contributed by atoms with Crippen LogP contribution in [0.15, 0.2) is 12.1 Å². The molecule has 1 aromatic carbocycles. The van der Waals surface area contributed by atoms with Crippen molar-refractivity contribution in [3.05, 3.63) is 17.7 Å². The molecule has 1 heterocycles. The van der Waals surface area contributed by atoms with E-state index in [2.05, 4.69) is 5.32 Å². The number of rotatable bonds is 4. The lowest BCUT2D eigenvalue weighted by molar-refractivity contribution is 0.333. The van der Waals surface area contributed by atoms with Crippen LogP contribution < -0.4 is 14.8 Å². The zero-order chi connectivity index (χ0) is 13.0. The van der Waals surface area contributed by atoms with Crippen molar-refractivity contribution >= 4 is 0 Å². The number of piperidine rings is 1. The highest BCUT2D eigenvalue weighted by Gasteiger charge is 2.20. The lowest BCUT2D eigenvalue weighted by atomic mass is 9.91. The van der Waals surface area contributed by atoms with E-state index >= 15 is 0 Å². The third-order valence-electron chi connectivity index (χ3n) is 3.52. The van der Waals surface area contributed by atoms with Crippen LogP contribution in [0.25, 0.3) is 0 Å². The van der Waals surface area contributed by atoms with Gasteiger partial charge in [-0.2, -0.15) is 0 Å². The van der Waals surface area contributed by atoms with E-state index in [1.807, 2.05) is 0 Å². The molecular weight excluding hydrogens is 230 g/mol. The second-order valence-corrected chi connectivity index (χ2v) is 4.72. The minimum atomic E-state index is 0.290. The number of ether oxygens (including phenoxy) is 2. The van der Waals surface area contributed by atoms with E-state index < -0.39 is 0 Å². The van der Waals surface area contributed by atoms with Crippen molar-refractivity contribution in [1.29, 1.82) is 0 Å². The maximum absolute atomic E-state index is 10.0. The van der Waals surface area contributed by atoms with Crippen LogP contribution in [0, 0.1) is 5.92 Å². The van der Waals surface area contributed by atoms with Crippen LogP contribution in [0.1, 0.15) is 18.4 Å². The van der Waals surface area contributed by atoms with E-state index in [9.17, 15) is 5.11 Å². The maximum atomic E-state index is 10.0. The number of hydrogen-bond acceptors (Lipinski definition) is 4. The summed E-state index contributed by atoms with van der Waals surface area (Å²) in [7, 11) is 3.22. The summed E-state index contributed by atoms with van der Waals surface area (Å²) in [5.41, 5.74) is 0.852. The molecule has 1 aromatic rings. The SMILES string of the molecule is COc1ccc(O)c(CC2CCCNC2)c1OC. The molecule has 1 unspecified atom stereocenters. The molecule has 18 heavy (non-hydrogen) atoms. The van der Waals surface area contributed by atoms with Gasteiger partial charge in [-0.3, -0.25) is 0 Å². The molecule has 4 nitrogen and oxygen atoms in total. The number of hydrogen-bond donors (Lipinski definition) is 2. The van der Waals surface area contributed by atoms with E-state index in [0.29, 0.717) is 23.2 Å². The van der Waals surface area contributed by atoms with E-state index in [0.717, 1.165) is 25.1 Å². The lowest BCUT2D eigenvalue weighted by Gasteiger charge is -2.24. The van der Waals surface area contributed by atoms with Crippen molar-refractivity contribution in [2.24, 2.45) is 5.92 Å². The van der Waals surface area contributed by atoms with Gasteiger partial charge in [0, 0.05) is 5.56 Å².